The lowest BCUT2D eigenvalue weighted by Crippen LogP contribution is -3.15. The van der Waals surface area contributed by atoms with Gasteiger partial charge in [0.15, 0.2) is 0 Å². The van der Waals surface area contributed by atoms with Crippen LogP contribution in [-0.4, -0.2) is 39.3 Å². The maximum atomic E-state index is 9.62. The van der Waals surface area contributed by atoms with Gasteiger partial charge in [-0.25, -0.2) is 0 Å². The fourth-order valence-electron chi connectivity index (χ4n) is 1.54. The second kappa shape index (κ2) is 5.73. The lowest BCUT2D eigenvalue weighted by Gasteiger charge is -2.15. The third-order valence-corrected chi connectivity index (χ3v) is 2.54. The summed E-state index contributed by atoms with van der Waals surface area (Å²) in [5.74, 6) is 0.411. The second-order valence-corrected chi connectivity index (χ2v) is 4.47. The highest BCUT2D eigenvalue weighted by molar-refractivity contribution is 5.30. The quantitative estimate of drug-likeness (QED) is 0.545. The topological polar surface area (TPSA) is 29.1 Å². The lowest BCUT2D eigenvalue weighted by molar-refractivity contribution is -0.937. The van der Waals surface area contributed by atoms with E-state index >= 15 is 0 Å². The van der Waals surface area contributed by atoms with E-state index in [4.69, 9.17) is 0 Å². The smallest absolute Gasteiger partial charge is 0.127 e. The van der Waals surface area contributed by atoms with E-state index in [0.717, 1.165) is 25.2 Å². The van der Waals surface area contributed by atoms with Gasteiger partial charge in [-0.05, 0) is 12.1 Å². The number of hydrogen-bond acceptors (Lipinski definition) is 1. The van der Waals surface area contributed by atoms with Gasteiger partial charge < -0.3 is 14.9 Å². The van der Waals surface area contributed by atoms with Gasteiger partial charge in [0.25, 0.3) is 0 Å². The van der Waals surface area contributed by atoms with Gasteiger partial charge in [-0.2, -0.15) is 0 Å². The molecular formula is C12H22N2O+2. The molecule has 1 aromatic rings. The van der Waals surface area contributed by atoms with Gasteiger partial charge in [-0.15, -0.1) is 0 Å². The normalized spacial score (nSPS) is 13.1. The number of phenolic OH excluding ortho intramolecular Hbond substituents is 1. The lowest BCUT2D eigenvalue weighted by atomic mass is 10.2. The number of aromatic hydroxyl groups is 1. The SMILES string of the molecule is C[NH+](C)CC[NH+](C)Cc1ccccc1O. The Bertz CT molecular complexity index is 299. The van der Waals surface area contributed by atoms with Crippen LogP contribution in [0.25, 0.3) is 0 Å². The summed E-state index contributed by atoms with van der Waals surface area (Å²) in [5, 5.41) is 9.62. The molecule has 0 aliphatic rings. The Morgan fingerprint density at radius 2 is 1.73 bits per heavy atom. The van der Waals surface area contributed by atoms with E-state index in [0.29, 0.717) is 5.75 Å². The number of rotatable bonds is 5. The molecule has 0 heterocycles. The predicted molar refractivity (Wildman–Crippen MR) is 61.2 cm³/mol. The number of benzene rings is 1. The maximum absolute atomic E-state index is 9.62. The number of quaternary nitrogens is 2. The fourth-order valence-corrected chi connectivity index (χ4v) is 1.54. The Kier molecular flexibility index (Phi) is 4.59. The van der Waals surface area contributed by atoms with Crippen molar-refractivity contribution in [1.29, 1.82) is 0 Å². The first-order chi connectivity index (χ1) is 7.09. The zero-order valence-electron chi connectivity index (χ0n) is 9.88. The molecule has 0 fully saturated rings. The number of phenols is 1. The van der Waals surface area contributed by atoms with Crippen LogP contribution in [0.2, 0.25) is 0 Å². The molecule has 0 spiro atoms. The molecule has 0 aliphatic heterocycles. The monoisotopic (exact) mass is 210 g/mol. The third-order valence-electron chi connectivity index (χ3n) is 2.54. The van der Waals surface area contributed by atoms with E-state index in [1.807, 2.05) is 18.2 Å². The van der Waals surface area contributed by atoms with Crippen LogP contribution in [0.3, 0.4) is 0 Å². The molecule has 0 bridgehead atoms. The van der Waals surface area contributed by atoms with E-state index in [1.54, 1.807) is 6.07 Å². The average Bonchev–Trinajstić information content (AvgIpc) is 2.18. The van der Waals surface area contributed by atoms with Crippen LogP contribution in [0.15, 0.2) is 24.3 Å². The van der Waals surface area contributed by atoms with E-state index in [2.05, 4.69) is 21.1 Å². The Labute approximate surface area is 91.9 Å². The minimum Gasteiger partial charge on any atom is -0.507 e. The van der Waals surface area contributed by atoms with E-state index in [1.165, 1.54) is 9.80 Å². The van der Waals surface area contributed by atoms with Crippen molar-refractivity contribution in [2.24, 2.45) is 0 Å². The zero-order valence-corrected chi connectivity index (χ0v) is 9.88. The van der Waals surface area contributed by atoms with Crippen LogP contribution in [-0.2, 0) is 6.54 Å². The third kappa shape index (κ3) is 4.32. The molecule has 0 radical (unpaired) electrons. The van der Waals surface area contributed by atoms with Gasteiger partial charge in [-0.1, -0.05) is 12.1 Å². The first kappa shape index (κ1) is 12.0. The molecule has 0 saturated heterocycles. The van der Waals surface area contributed by atoms with Crippen LogP contribution >= 0.6 is 0 Å². The molecule has 1 unspecified atom stereocenters. The Morgan fingerprint density at radius 3 is 2.33 bits per heavy atom. The van der Waals surface area contributed by atoms with Crippen LogP contribution in [0, 0.1) is 0 Å². The summed E-state index contributed by atoms with van der Waals surface area (Å²) in [7, 11) is 6.48. The number of hydrogen-bond donors (Lipinski definition) is 3. The van der Waals surface area contributed by atoms with Crippen LogP contribution in [0.5, 0.6) is 5.75 Å². The van der Waals surface area contributed by atoms with Crippen LogP contribution in [0.1, 0.15) is 5.56 Å². The van der Waals surface area contributed by atoms with Crippen LogP contribution in [0.4, 0.5) is 0 Å². The van der Waals surface area contributed by atoms with Crippen molar-refractivity contribution in [3.63, 3.8) is 0 Å². The second-order valence-electron chi connectivity index (χ2n) is 4.47. The molecule has 0 aromatic heterocycles. The van der Waals surface area contributed by atoms with Gasteiger partial charge in [0.2, 0.25) is 0 Å². The Hall–Kier alpha value is -1.06. The highest BCUT2D eigenvalue weighted by Gasteiger charge is 2.08. The van der Waals surface area contributed by atoms with Crippen molar-refractivity contribution in [2.45, 2.75) is 6.54 Å². The molecule has 3 N–H and O–H groups in total. The number of likely N-dealkylation sites (N-methyl/N-ethyl adjacent to an activating group) is 2. The van der Waals surface area contributed by atoms with Gasteiger partial charge in [0, 0.05) is 5.56 Å². The molecule has 15 heavy (non-hydrogen) atoms. The summed E-state index contributed by atoms with van der Waals surface area (Å²) >= 11 is 0. The maximum Gasteiger partial charge on any atom is 0.127 e. The zero-order chi connectivity index (χ0) is 11.3. The van der Waals surface area contributed by atoms with Gasteiger partial charge in [-0.3, -0.25) is 0 Å². The minimum absolute atomic E-state index is 0.411. The van der Waals surface area contributed by atoms with Gasteiger partial charge in [0.1, 0.15) is 25.4 Å². The predicted octanol–water partition coefficient (Wildman–Crippen LogP) is -1.45. The summed E-state index contributed by atoms with van der Waals surface area (Å²) < 4.78 is 0. The van der Waals surface area contributed by atoms with Crippen molar-refractivity contribution < 1.29 is 14.9 Å². The molecule has 3 heteroatoms. The number of para-hydroxylation sites is 1. The van der Waals surface area contributed by atoms with Crippen molar-refractivity contribution >= 4 is 0 Å². The molecule has 3 nitrogen and oxygen atoms in total. The van der Waals surface area contributed by atoms with E-state index < -0.39 is 0 Å². The largest absolute Gasteiger partial charge is 0.507 e. The molecule has 0 saturated carbocycles. The first-order valence-electron chi connectivity index (χ1n) is 5.47. The number of nitrogens with one attached hydrogen (secondary N) is 2. The van der Waals surface area contributed by atoms with Gasteiger partial charge >= 0.3 is 0 Å². The molecule has 84 valence electrons. The van der Waals surface area contributed by atoms with Gasteiger partial charge in [0.05, 0.1) is 21.1 Å². The van der Waals surface area contributed by atoms with Crippen molar-refractivity contribution in [2.75, 3.05) is 34.2 Å². The van der Waals surface area contributed by atoms with Crippen molar-refractivity contribution in [1.82, 2.24) is 0 Å². The molecule has 0 amide bonds. The highest BCUT2D eigenvalue weighted by atomic mass is 16.3. The summed E-state index contributed by atoms with van der Waals surface area (Å²) in [4.78, 5) is 2.89. The summed E-state index contributed by atoms with van der Waals surface area (Å²) in [6, 6.07) is 7.57. The standard InChI is InChI=1S/C12H20N2O/c1-13(2)8-9-14(3)10-11-6-4-5-7-12(11)15/h4-7,15H,8-10H2,1-3H3/p+2. The molecule has 0 aliphatic carbocycles. The van der Waals surface area contributed by atoms with Crippen molar-refractivity contribution in [3.8, 4) is 5.75 Å². The average molecular weight is 210 g/mol. The molecule has 1 atom stereocenters. The Morgan fingerprint density at radius 1 is 1.07 bits per heavy atom. The van der Waals surface area contributed by atoms with E-state index in [9.17, 15) is 5.11 Å². The first-order valence-corrected chi connectivity index (χ1v) is 5.47. The van der Waals surface area contributed by atoms with E-state index in [-0.39, 0.29) is 0 Å². The summed E-state index contributed by atoms with van der Waals surface area (Å²) in [6.07, 6.45) is 0. The minimum atomic E-state index is 0.411. The molecule has 1 aromatic carbocycles. The fraction of sp³-hybridized carbons (Fsp3) is 0.500. The molecule has 1 rings (SSSR count). The van der Waals surface area contributed by atoms with Crippen molar-refractivity contribution in [3.05, 3.63) is 29.8 Å². The van der Waals surface area contributed by atoms with Crippen LogP contribution < -0.4 is 9.80 Å². The summed E-state index contributed by atoms with van der Waals surface area (Å²) in [6.45, 7) is 3.16. The summed E-state index contributed by atoms with van der Waals surface area (Å²) in [5.41, 5.74) is 1.03. The Balaban J connectivity index is 2.44. The molecular weight excluding hydrogens is 188 g/mol. The highest BCUT2D eigenvalue weighted by Crippen LogP contribution is 2.13.